The zero-order valence-electron chi connectivity index (χ0n) is 16.7. The zero-order chi connectivity index (χ0) is 20.1. The van der Waals surface area contributed by atoms with Crippen molar-refractivity contribution in [3.05, 3.63) is 24.3 Å². The lowest BCUT2D eigenvalue weighted by atomic mass is 10.0. The normalized spacial score (nSPS) is 26.3. The van der Waals surface area contributed by atoms with Crippen LogP contribution >= 0.6 is 0 Å². The maximum absolute atomic E-state index is 13.0. The standard InChI is InChI=1S/C20H31N3O4S/c1-15-5-3-6-16(2)23(15)28(25,26)19-10-8-17(9-11-19)22-20(24)14-21-13-18-7-4-12-27-18/h8-11,15-16,18,21H,3-7,12-14H2,1-2H3,(H,22,24)/t15-,16-,18+/m1/s1. The predicted octanol–water partition coefficient (Wildman–Crippen LogP) is 2.35. The van der Waals surface area contributed by atoms with Gasteiger partial charge in [-0.15, -0.1) is 0 Å². The molecule has 156 valence electrons. The number of nitrogens with zero attached hydrogens (tertiary/aromatic N) is 1. The van der Waals surface area contributed by atoms with Crippen molar-refractivity contribution in [2.24, 2.45) is 0 Å². The number of carbonyl (C=O) groups excluding carboxylic acids is 1. The van der Waals surface area contributed by atoms with E-state index in [0.717, 1.165) is 38.7 Å². The van der Waals surface area contributed by atoms with Gasteiger partial charge in [0.15, 0.2) is 0 Å². The molecular weight excluding hydrogens is 378 g/mol. The van der Waals surface area contributed by atoms with Crippen LogP contribution in [0, 0.1) is 0 Å². The molecule has 1 amide bonds. The first-order valence-corrected chi connectivity index (χ1v) is 11.6. The van der Waals surface area contributed by atoms with Gasteiger partial charge in [0.1, 0.15) is 0 Å². The molecule has 3 rings (SSSR count). The van der Waals surface area contributed by atoms with Crippen LogP contribution in [0.15, 0.2) is 29.2 Å². The molecule has 1 aromatic rings. The summed E-state index contributed by atoms with van der Waals surface area (Å²) in [7, 11) is -3.53. The topological polar surface area (TPSA) is 87.7 Å². The lowest BCUT2D eigenvalue weighted by Gasteiger charge is -2.37. The maximum Gasteiger partial charge on any atom is 0.243 e. The summed E-state index contributed by atoms with van der Waals surface area (Å²) in [5.74, 6) is -0.160. The minimum atomic E-state index is -3.53. The summed E-state index contributed by atoms with van der Waals surface area (Å²) >= 11 is 0. The van der Waals surface area contributed by atoms with Crippen LogP contribution in [0.25, 0.3) is 0 Å². The van der Waals surface area contributed by atoms with E-state index in [4.69, 9.17) is 4.74 Å². The largest absolute Gasteiger partial charge is 0.377 e. The van der Waals surface area contributed by atoms with Crippen LogP contribution in [-0.2, 0) is 19.6 Å². The van der Waals surface area contributed by atoms with Crippen LogP contribution in [-0.4, -0.2) is 56.5 Å². The molecule has 2 aliphatic heterocycles. The van der Waals surface area contributed by atoms with E-state index in [1.165, 1.54) is 0 Å². The Balaban J connectivity index is 1.55. The number of sulfonamides is 1. The Labute approximate surface area is 167 Å². The van der Waals surface area contributed by atoms with E-state index >= 15 is 0 Å². The van der Waals surface area contributed by atoms with Crippen molar-refractivity contribution in [2.75, 3.05) is 25.0 Å². The van der Waals surface area contributed by atoms with E-state index < -0.39 is 10.0 Å². The van der Waals surface area contributed by atoms with Crippen LogP contribution < -0.4 is 10.6 Å². The van der Waals surface area contributed by atoms with Gasteiger partial charge >= 0.3 is 0 Å². The highest BCUT2D eigenvalue weighted by molar-refractivity contribution is 7.89. The van der Waals surface area contributed by atoms with E-state index in [1.807, 2.05) is 13.8 Å². The highest BCUT2D eigenvalue weighted by Gasteiger charge is 2.35. The third kappa shape index (κ3) is 5.11. The molecule has 3 atom stereocenters. The Bertz CT molecular complexity index is 750. The van der Waals surface area contributed by atoms with E-state index in [-0.39, 0.29) is 35.5 Å². The molecule has 0 aromatic heterocycles. The van der Waals surface area contributed by atoms with Crippen LogP contribution in [0.3, 0.4) is 0 Å². The molecule has 7 nitrogen and oxygen atoms in total. The number of nitrogens with one attached hydrogen (secondary N) is 2. The molecule has 8 heteroatoms. The molecule has 0 spiro atoms. The number of benzene rings is 1. The SMILES string of the molecule is C[C@@H]1CCC[C@@H](C)N1S(=O)(=O)c1ccc(NC(=O)CNC[C@@H]2CCCO2)cc1. The summed E-state index contributed by atoms with van der Waals surface area (Å²) in [6.07, 6.45) is 5.12. The molecule has 2 heterocycles. The average molecular weight is 410 g/mol. The van der Waals surface area contributed by atoms with Gasteiger partial charge < -0.3 is 15.4 Å². The molecule has 2 N–H and O–H groups in total. The number of hydrogen-bond acceptors (Lipinski definition) is 5. The number of carbonyl (C=O) groups is 1. The molecule has 0 bridgehead atoms. The van der Waals surface area contributed by atoms with Crippen LogP contribution in [0.5, 0.6) is 0 Å². The molecule has 0 radical (unpaired) electrons. The number of piperidine rings is 1. The summed E-state index contributed by atoms with van der Waals surface area (Å²) < 4.78 is 33.2. The van der Waals surface area contributed by atoms with Crippen molar-refractivity contribution in [3.63, 3.8) is 0 Å². The first kappa shape index (κ1) is 21.2. The Morgan fingerprint density at radius 2 is 1.79 bits per heavy atom. The Hall–Kier alpha value is -1.48. The molecule has 0 saturated carbocycles. The monoisotopic (exact) mass is 409 g/mol. The van der Waals surface area contributed by atoms with Gasteiger partial charge in [0, 0.05) is 30.9 Å². The fourth-order valence-corrected chi connectivity index (χ4v) is 5.94. The van der Waals surface area contributed by atoms with E-state index in [9.17, 15) is 13.2 Å². The number of amides is 1. The molecule has 2 saturated heterocycles. The Kier molecular flexibility index (Phi) is 7.09. The Morgan fingerprint density at radius 1 is 1.11 bits per heavy atom. The third-order valence-corrected chi connectivity index (χ3v) is 7.65. The second kappa shape index (κ2) is 9.35. The molecule has 2 fully saturated rings. The van der Waals surface area contributed by atoms with Crippen molar-refractivity contribution >= 4 is 21.6 Å². The van der Waals surface area contributed by atoms with E-state index in [1.54, 1.807) is 28.6 Å². The minimum Gasteiger partial charge on any atom is -0.377 e. The molecule has 28 heavy (non-hydrogen) atoms. The van der Waals surface area contributed by atoms with Gasteiger partial charge in [-0.3, -0.25) is 4.79 Å². The molecule has 2 aliphatic rings. The molecule has 0 unspecified atom stereocenters. The third-order valence-electron chi connectivity index (χ3n) is 5.51. The molecular formula is C20H31N3O4S. The average Bonchev–Trinajstić information content (AvgIpc) is 3.15. The van der Waals surface area contributed by atoms with Crippen LogP contribution in [0.2, 0.25) is 0 Å². The number of hydrogen-bond donors (Lipinski definition) is 2. The Morgan fingerprint density at radius 3 is 2.39 bits per heavy atom. The summed E-state index contributed by atoms with van der Waals surface area (Å²) in [6, 6.07) is 6.43. The van der Waals surface area contributed by atoms with Gasteiger partial charge in [-0.05, 0) is 63.8 Å². The van der Waals surface area contributed by atoms with Gasteiger partial charge in [-0.2, -0.15) is 4.31 Å². The van der Waals surface area contributed by atoms with Crippen molar-refractivity contribution in [2.45, 2.75) is 69.0 Å². The molecule has 1 aromatic carbocycles. The van der Waals surface area contributed by atoms with E-state index in [0.29, 0.717) is 12.2 Å². The maximum atomic E-state index is 13.0. The van der Waals surface area contributed by atoms with Crippen molar-refractivity contribution in [1.82, 2.24) is 9.62 Å². The smallest absolute Gasteiger partial charge is 0.243 e. The predicted molar refractivity (Wildman–Crippen MR) is 109 cm³/mol. The van der Waals surface area contributed by atoms with Crippen molar-refractivity contribution in [3.8, 4) is 0 Å². The highest BCUT2D eigenvalue weighted by atomic mass is 32.2. The summed E-state index contributed by atoms with van der Waals surface area (Å²) in [5, 5.41) is 5.89. The van der Waals surface area contributed by atoms with Crippen molar-refractivity contribution < 1.29 is 17.9 Å². The van der Waals surface area contributed by atoms with Gasteiger partial charge in [0.05, 0.1) is 17.5 Å². The second-order valence-corrected chi connectivity index (χ2v) is 9.65. The van der Waals surface area contributed by atoms with Crippen LogP contribution in [0.1, 0.15) is 46.0 Å². The summed E-state index contributed by atoms with van der Waals surface area (Å²) in [6.45, 7) is 5.58. The van der Waals surface area contributed by atoms with Gasteiger partial charge in [-0.25, -0.2) is 8.42 Å². The number of rotatable bonds is 7. The van der Waals surface area contributed by atoms with E-state index in [2.05, 4.69) is 10.6 Å². The summed E-state index contributed by atoms with van der Waals surface area (Å²) in [5.41, 5.74) is 0.586. The lowest BCUT2D eigenvalue weighted by molar-refractivity contribution is -0.115. The summed E-state index contributed by atoms with van der Waals surface area (Å²) in [4.78, 5) is 12.3. The minimum absolute atomic E-state index is 0.00282. The van der Waals surface area contributed by atoms with Gasteiger partial charge in [-0.1, -0.05) is 6.42 Å². The molecule has 0 aliphatic carbocycles. The fraction of sp³-hybridized carbons (Fsp3) is 0.650. The first-order chi connectivity index (χ1) is 13.4. The number of ether oxygens (including phenoxy) is 1. The zero-order valence-corrected chi connectivity index (χ0v) is 17.5. The van der Waals surface area contributed by atoms with Crippen LogP contribution in [0.4, 0.5) is 5.69 Å². The van der Waals surface area contributed by atoms with Gasteiger partial charge in [0.25, 0.3) is 0 Å². The highest BCUT2D eigenvalue weighted by Crippen LogP contribution is 2.29. The quantitative estimate of drug-likeness (QED) is 0.722. The van der Waals surface area contributed by atoms with Gasteiger partial charge in [0.2, 0.25) is 15.9 Å². The number of anilines is 1. The second-order valence-electron chi connectivity index (χ2n) is 7.80. The van der Waals surface area contributed by atoms with Crippen molar-refractivity contribution in [1.29, 1.82) is 0 Å². The lowest BCUT2D eigenvalue weighted by Crippen LogP contribution is -2.47. The fourth-order valence-electron chi connectivity index (χ4n) is 4.06. The first-order valence-electron chi connectivity index (χ1n) is 10.1.